The van der Waals surface area contributed by atoms with E-state index >= 15 is 0 Å². The van der Waals surface area contributed by atoms with E-state index in [1.807, 2.05) is 12.1 Å². The number of ether oxygens (including phenoxy) is 1. The molecule has 0 saturated carbocycles. The van der Waals surface area contributed by atoms with E-state index in [1.54, 1.807) is 29.9 Å². The molecule has 112 valence electrons. The normalized spacial score (nSPS) is 10.9. The summed E-state index contributed by atoms with van der Waals surface area (Å²) in [4.78, 5) is 16.1. The number of rotatable bonds is 3. The zero-order valence-corrected chi connectivity index (χ0v) is 13.1. The Balaban J connectivity index is 2.11. The fourth-order valence-electron chi connectivity index (χ4n) is 2.07. The van der Waals surface area contributed by atoms with Gasteiger partial charge in [0, 0.05) is 11.2 Å². The second-order valence-corrected chi connectivity index (χ2v) is 5.29. The Morgan fingerprint density at radius 1 is 1.23 bits per heavy atom. The van der Waals surface area contributed by atoms with Crippen molar-refractivity contribution in [3.05, 3.63) is 52.3 Å². The number of fused-ring (bicyclic) bond motifs is 1. The van der Waals surface area contributed by atoms with Crippen molar-refractivity contribution >= 4 is 40.2 Å². The first-order valence-electron chi connectivity index (χ1n) is 6.57. The van der Waals surface area contributed by atoms with Crippen LogP contribution in [0.2, 0.25) is 10.0 Å². The van der Waals surface area contributed by atoms with Gasteiger partial charge in [-0.25, -0.2) is 14.5 Å². The molecule has 0 aliphatic heterocycles. The van der Waals surface area contributed by atoms with Gasteiger partial charge in [0.25, 0.3) is 0 Å². The van der Waals surface area contributed by atoms with Gasteiger partial charge in [-0.3, -0.25) is 0 Å². The Morgan fingerprint density at radius 2 is 1.95 bits per heavy atom. The molecule has 0 spiro atoms. The van der Waals surface area contributed by atoms with Crippen LogP contribution in [0.1, 0.15) is 17.3 Å². The molecule has 0 N–H and O–H groups in total. The lowest BCUT2D eigenvalue weighted by Crippen LogP contribution is -2.06. The van der Waals surface area contributed by atoms with Gasteiger partial charge >= 0.3 is 5.97 Å². The van der Waals surface area contributed by atoms with Crippen molar-refractivity contribution in [1.82, 2.24) is 14.8 Å². The third-order valence-electron chi connectivity index (χ3n) is 3.10. The van der Waals surface area contributed by atoms with Crippen molar-refractivity contribution in [1.29, 1.82) is 0 Å². The molecule has 0 aliphatic rings. The number of nitrogens with zero attached hydrogens (tertiary/aromatic N) is 3. The maximum absolute atomic E-state index is 11.8. The second-order valence-electron chi connectivity index (χ2n) is 4.48. The fraction of sp³-hybridized carbons (Fsp3) is 0.133. The van der Waals surface area contributed by atoms with Crippen molar-refractivity contribution in [3.63, 3.8) is 0 Å². The first-order valence-corrected chi connectivity index (χ1v) is 7.32. The molecular formula is C15H11Cl2N3O2. The summed E-state index contributed by atoms with van der Waals surface area (Å²) in [5.74, 6) is -0.499. The first-order chi connectivity index (χ1) is 10.6. The van der Waals surface area contributed by atoms with E-state index in [9.17, 15) is 4.79 Å². The number of hydrogen-bond acceptors (Lipinski definition) is 4. The largest absolute Gasteiger partial charge is 0.462 e. The van der Waals surface area contributed by atoms with E-state index in [1.165, 1.54) is 6.20 Å². The molecule has 0 aliphatic carbocycles. The number of carbonyl (C=O) groups excluding carboxylic acids is 1. The Bertz CT molecular complexity index is 844. The number of aromatic nitrogens is 3. The molecule has 0 unspecified atom stereocenters. The SMILES string of the molecule is CCOC(=O)c1cnc2c(cnn2-c2ccc(Cl)cc2)c1Cl. The third-order valence-corrected chi connectivity index (χ3v) is 3.76. The highest BCUT2D eigenvalue weighted by molar-refractivity contribution is 6.38. The fourth-order valence-corrected chi connectivity index (χ4v) is 2.46. The van der Waals surface area contributed by atoms with Gasteiger partial charge in [0.1, 0.15) is 0 Å². The zero-order chi connectivity index (χ0) is 15.7. The van der Waals surface area contributed by atoms with Crippen LogP contribution in [0, 0.1) is 0 Å². The predicted octanol–water partition coefficient (Wildman–Crippen LogP) is 3.90. The van der Waals surface area contributed by atoms with Crippen LogP contribution in [0.25, 0.3) is 16.7 Å². The summed E-state index contributed by atoms with van der Waals surface area (Å²) in [6.45, 7) is 2.01. The Kier molecular flexibility index (Phi) is 4.00. The summed E-state index contributed by atoms with van der Waals surface area (Å²) < 4.78 is 6.59. The maximum atomic E-state index is 11.8. The molecule has 0 atom stereocenters. The van der Waals surface area contributed by atoms with Gasteiger partial charge in [0.2, 0.25) is 0 Å². The monoisotopic (exact) mass is 335 g/mol. The molecule has 3 rings (SSSR count). The topological polar surface area (TPSA) is 57.0 Å². The van der Waals surface area contributed by atoms with Crippen molar-refractivity contribution in [2.24, 2.45) is 0 Å². The van der Waals surface area contributed by atoms with Crippen LogP contribution in [0.5, 0.6) is 0 Å². The van der Waals surface area contributed by atoms with Crippen LogP contribution >= 0.6 is 23.2 Å². The van der Waals surface area contributed by atoms with Gasteiger partial charge in [-0.15, -0.1) is 0 Å². The molecule has 0 amide bonds. The number of esters is 1. The highest BCUT2D eigenvalue weighted by atomic mass is 35.5. The lowest BCUT2D eigenvalue weighted by molar-refractivity contribution is 0.0526. The highest BCUT2D eigenvalue weighted by Gasteiger charge is 2.18. The summed E-state index contributed by atoms with van der Waals surface area (Å²) in [6, 6.07) is 7.17. The predicted molar refractivity (Wildman–Crippen MR) is 84.8 cm³/mol. The minimum absolute atomic E-state index is 0.228. The van der Waals surface area contributed by atoms with Crippen molar-refractivity contribution in [2.45, 2.75) is 6.92 Å². The van der Waals surface area contributed by atoms with E-state index in [4.69, 9.17) is 27.9 Å². The van der Waals surface area contributed by atoms with E-state index in [0.717, 1.165) is 5.69 Å². The summed E-state index contributed by atoms with van der Waals surface area (Å²) in [5.41, 5.74) is 1.58. The number of pyridine rings is 1. The van der Waals surface area contributed by atoms with E-state index in [0.29, 0.717) is 16.1 Å². The number of benzene rings is 1. The van der Waals surface area contributed by atoms with Gasteiger partial charge < -0.3 is 4.74 Å². The third kappa shape index (κ3) is 2.53. The average Bonchev–Trinajstić information content (AvgIpc) is 2.93. The second kappa shape index (κ2) is 5.94. The van der Waals surface area contributed by atoms with Crippen LogP contribution in [-0.4, -0.2) is 27.3 Å². The van der Waals surface area contributed by atoms with Crippen molar-refractivity contribution in [3.8, 4) is 5.69 Å². The number of halogens is 2. The zero-order valence-electron chi connectivity index (χ0n) is 11.6. The molecule has 7 heteroatoms. The average molecular weight is 336 g/mol. The van der Waals surface area contributed by atoms with E-state index in [2.05, 4.69) is 10.1 Å². The molecule has 3 aromatic rings. The minimum Gasteiger partial charge on any atom is -0.462 e. The highest BCUT2D eigenvalue weighted by Crippen LogP contribution is 2.27. The smallest absolute Gasteiger partial charge is 0.341 e. The molecule has 0 saturated heterocycles. The Labute approximate surface area is 136 Å². The summed E-state index contributed by atoms with van der Waals surface area (Å²) in [7, 11) is 0. The van der Waals surface area contributed by atoms with Crippen molar-refractivity contribution < 1.29 is 9.53 Å². The molecular weight excluding hydrogens is 325 g/mol. The standard InChI is InChI=1S/C15H11Cl2N3O2/c1-2-22-15(21)12-7-18-14-11(13(12)17)8-19-20(14)10-5-3-9(16)4-6-10/h3-8H,2H2,1H3. The van der Waals surface area contributed by atoms with Crippen LogP contribution in [-0.2, 0) is 4.74 Å². The lowest BCUT2D eigenvalue weighted by Gasteiger charge is -2.06. The van der Waals surface area contributed by atoms with E-state index < -0.39 is 5.97 Å². The van der Waals surface area contributed by atoms with Crippen molar-refractivity contribution in [2.75, 3.05) is 6.61 Å². The van der Waals surface area contributed by atoms with Gasteiger partial charge in [-0.1, -0.05) is 23.2 Å². The molecule has 0 bridgehead atoms. The summed E-state index contributed by atoms with van der Waals surface area (Å²) in [5, 5.41) is 5.78. The van der Waals surface area contributed by atoms with Gasteiger partial charge in [0.15, 0.2) is 5.65 Å². The molecule has 0 fully saturated rings. The van der Waals surface area contributed by atoms with Gasteiger partial charge in [0.05, 0.1) is 34.5 Å². The summed E-state index contributed by atoms with van der Waals surface area (Å²) in [6.07, 6.45) is 2.97. The number of hydrogen-bond donors (Lipinski definition) is 0. The van der Waals surface area contributed by atoms with Crippen LogP contribution in [0.3, 0.4) is 0 Å². The van der Waals surface area contributed by atoms with Gasteiger partial charge in [-0.2, -0.15) is 5.10 Å². The molecule has 22 heavy (non-hydrogen) atoms. The first kappa shape index (κ1) is 14.8. The quantitative estimate of drug-likeness (QED) is 0.681. The van der Waals surface area contributed by atoms with Gasteiger partial charge in [-0.05, 0) is 31.2 Å². The maximum Gasteiger partial charge on any atom is 0.341 e. The Hall–Kier alpha value is -2.11. The number of carbonyl (C=O) groups is 1. The van der Waals surface area contributed by atoms with Crippen LogP contribution in [0.15, 0.2) is 36.7 Å². The molecule has 0 radical (unpaired) electrons. The molecule has 1 aromatic carbocycles. The minimum atomic E-state index is -0.499. The molecule has 2 heterocycles. The van der Waals surface area contributed by atoms with Crippen LogP contribution in [0.4, 0.5) is 0 Å². The Morgan fingerprint density at radius 3 is 2.64 bits per heavy atom. The summed E-state index contributed by atoms with van der Waals surface area (Å²) >= 11 is 12.2. The lowest BCUT2D eigenvalue weighted by atomic mass is 10.2. The molecule has 2 aromatic heterocycles. The van der Waals surface area contributed by atoms with Crippen LogP contribution < -0.4 is 0 Å². The van der Waals surface area contributed by atoms with E-state index in [-0.39, 0.29) is 17.2 Å². The molecule has 5 nitrogen and oxygen atoms in total.